The Kier molecular flexibility index (Phi) is 4.25. The van der Waals surface area contributed by atoms with Crippen molar-refractivity contribution in [3.05, 3.63) is 11.4 Å². The van der Waals surface area contributed by atoms with E-state index in [-0.39, 0.29) is 6.61 Å². The van der Waals surface area contributed by atoms with E-state index in [0.29, 0.717) is 17.5 Å². The molecule has 1 rings (SSSR count). The molecule has 96 valence electrons. The molecule has 17 heavy (non-hydrogen) atoms. The highest BCUT2D eigenvalue weighted by Gasteiger charge is 2.22. The molecule has 0 bridgehead atoms. The zero-order valence-electron chi connectivity index (χ0n) is 10.8. The second-order valence-electron chi connectivity index (χ2n) is 4.43. The van der Waals surface area contributed by atoms with E-state index in [1.165, 1.54) is 0 Å². The topological polar surface area (TPSA) is 96.1 Å². The first-order valence-corrected chi connectivity index (χ1v) is 5.66. The minimum absolute atomic E-state index is 0.0391. The average molecular weight is 239 g/mol. The maximum atomic E-state index is 9.39. The Morgan fingerprint density at radius 1 is 1.29 bits per heavy atom. The van der Waals surface area contributed by atoms with Gasteiger partial charge >= 0.3 is 0 Å². The van der Waals surface area contributed by atoms with Crippen LogP contribution in [0, 0.1) is 13.8 Å². The SMILES string of the molecule is CCC(C)(CO)Nc1nc(C)nc(NN)c1C. The Morgan fingerprint density at radius 2 is 1.88 bits per heavy atom. The normalized spacial score (nSPS) is 14.2. The summed E-state index contributed by atoms with van der Waals surface area (Å²) >= 11 is 0. The highest BCUT2D eigenvalue weighted by molar-refractivity contribution is 5.57. The number of nitrogens with two attached hydrogens (primary N) is 1. The number of hydrogen-bond acceptors (Lipinski definition) is 6. The van der Waals surface area contributed by atoms with E-state index in [1.807, 2.05) is 20.8 Å². The number of hydrazine groups is 1. The third-order valence-corrected chi connectivity index (χ3v) is 2.94. The summed E-state index contributed by atoms with van der Waals surface area (Å²) in [7, 11) is 0. The molecule has 0 fully saturated rings. The van der Waals surface area contributed by atoms with E-state index in [4.69, 9.17) is 5.84 Å². The van der Waals surface area contributed by atoms with E-state index in [1.54, 1.807) is 6.92 Å². The summed E-state index contributed by atoms with van der Waals surface area (Å²) in [6.07, 6.45) is 0.789. The number of nitrogens with zero attached hydrogens (tertiary/aromatic N) is 2. The highest BCUT2D eigenvalue weighted by Crippen LogP contribution is 2.23. The molecule has 1 atom stereocenters. The summed E-state index contributed by atoms with van der Waals surface area (Å²) in [6, 6.07) is 0. The van der Waals surface area contributed by atoms with Crippen LogP contribution in [0.25, 0.3) is 0 Å². The fraction of sp³-hybridized carbons (Fsp3) is 0.636. The van der Waals surface area contributed by atoms with Crippen LogP contribution in [0.2, 0.25) is 0 Å². The quantitative estimate of drug-likeness (QED) is 0.451. The van der Waals surface area contributed by atoms with Crippen molar-refractivity contribution in [2.45, 2.75) is 39.7 Å². The zero-order valence-corrected chi connectivity index (χ0v) is 10.8. The van der Waals surface area contributed by atoms with Gasteiger partial charge < -0.3 is 15.8 Å². The van der Waals surface area contributed by atoms with Crippen LogP contribution in [-0.4, -0.2) is 27.2 Å². The molecule has 1 aromatic rings. The van der Waals surface area contributed by atoms with E-state index >= 15 is 0 Å². The lowest BCUT2D eigenvalue weighted by Gasteiger charge is -2.29. The first-order valence-electron chi connectivity index (χ1n) is 5.66. The molecule has 0 amide bonds. The minimum Gasteiger partial charge on any atom is -0.394 e. The zero-order chi connectivity index (χ0) is 13.1. The van der Waals surface area contributed by atoms with Crippen molar-refractivity contribution in [3.8, 4) is 0 Å². The van der Waals surface area contributed by atoms with Gasteiger partial charge in [-0.1, -0.05) is 6.92 Å². The summed E-state index contributed by atoms with van der Waals surface area (Å²) in [5.74, 6) is 7.32. The molecule has 1 unspecified atom stereocenters. The highest BCUT2D eigenvalue weighted by atomic mass is 16.3. The summed E-state index contributed by atoms with van der Waals surface area (Å²) in [4.78, 5) is 8.52. The monoisotopic (exact) mass is 239 g/mol. The number of rotatable bonds is 5. The van der Waals surface area contributed by atoms with Crippen LogP contribution >= 0.6 is 0 Å². The lowest BCUT2D eigenvalue weighted by atomic mass is 10.00. The van der Waals surface area contributed by atoms with Gasteiger partial charge in [0.2, 0.25) is 0 Å². The smallest absolute Gasteiger partial charge is 0.148 e. The molecule has 0 aliphatic rings. The average Bonchev–Trinajstić information content (AvgIpc) is 2.33. The van der Waals surface area contributed by atoms with Crippen molar-refractivity contribution in [1.29, 1.82) is 0 Å². The van der Waals surface area contributed by atoms with Crippen LogP contribution in [0.3, 0.4) is 0 Å². The van der Waals surface area contributed by atoms with Crippen LogP contribution in [0.15, 0.2) is 0 Å². The molecule has 1 aromatic heterocycles. The molecule has 6 nitrogen and oxygen atoms in total. The van der Waals surface area contributed by atoms with Crippen molar-refractivity contribution in [3.63, 3.8) is 0 Å². The second-order valence-corrected chi connectivity index (χ2v) is 4.43. The number of nitrogens with one attached hydrogen (secondary N) is 2. The van der Waals surface area contributed by atoms with Crippen LogP contribution in [0.4, 0.5) is 11.6 Å². The first kappa shape index (κ1) is 13.7. The molecule has 6 heteroatoms. The Hall–Kier alpha value is -1.40. The summed E-state index contributed by atoms with van der Waals surface area (Å²) < 4.78 is 0. The molecule has 5 N–H and O–H groups in total. The number of anilines is 2. The van der Waals surface area contributed by atoms with Gasteiger partial charge in [-0.2, -0.15) is 0 Å². The number of aliphatic hydroxyl groups is 1. The van der Waals surface area contributed by atoms with Gasteiger partial charge in [0.15, 0.2) is 0 Å². The number of aliphatic hydroxyl groups excluding tert-OH is 1. The third kappa shape index (κ3) is 3.04. The van der Waals surface area contributed by atoms with Crippen molar-refractivity contribution in [2.75, 3.05) is 17.3 Å². The van der Waals surface area contributed by atoms with Gasteiger partial charge in [-0.3, -0.25) is 0 Å². The minimum atomic E-state index is -0.391. The molecular formula is C11H21N5O. The summed E-state index contributed by atoms with van der Waals surface area (Å²) in [6.45, 7) is 7.67. The maximum absolute atomic E-state index is 9.39. The van der Waals surface area contributed by atoms with Crippen molar-refractivity contribution < 1.29 is 5.11 Å². The van der Waals surface area contributed by atoms with Gasteiger partial charge in [0.1, 0.15) is 17.5 Å². The second kappa shape index (κ2) is 5.29. The summed E-state index contributed by atoms with van der Waals surface area (Å²) in [5.41, 5.74) is 2.99. The fourth-order valence-electron chi connectivity index (χ4n) is 1.42. The molecule has 0 saturated carbocycles. The standard InChI is InChI=1S/C11H21N5O/c1-5-11(4,6-17)15-9-7(2)10(16-12)14-8(3)13-9/h17H,5-6,12H2,1-4H3,(H2,13,14,15,16). The van der Waals surface area contributed by atoms with Gasteiger partial charge in [0.25, 0.3) is 0 Å². The lowest BCUT2D eigenvalue weighted by molar-refractivity contribution is 0.218. The molecule has 0 spiro atoms. The lowest BCUT2D eigenvalue weighted by Crippen LogP contribution is -2.38. The van der Waals surface area contributed by atoms with Gasteiger partial charge in [-0.05, 0) is 27.2 Å². The first-order chi connectivity index (χ1) is 7.95. The predicted molar refractivity (Wildman–Crippen MR) is 68.7 cm³/mol. The van der Waals surface area contributed by atoms with E-state index < -0.39 is 5.54 Å². The van der Waals surface area contributed by atoms with Gasteiger partial charge in [-0.15, -0.1) is 0 Å². The van der Waals surface area contributed by atoms with Gasteiger partial charge in [0, 0.05) is 5.56 Å². The van der Waals surface area contributed by atoms with Gasteiger partial charge in [0.05, 0.1) is 12.1 Å². The molecule has 1 heterocycles. The van der Waals surface area contributed by atoms with Crippen LogP contribution in [0.1, 0.15) is 31.7 Å². The number of nitrogen functional groups attached to an aromatic ring is 1. The van der Waals surface area contributed by atoms with Crippen LogP contribution in [-0.2, 0) is 0 Å². The molecular weight excluding hydrogens is 218 g/mol. The van der Waals surface area contributed by atoms with Gasteiger partial charge in [-0.25, -0.2) is 15.8 Å². The van der Waals surface area contributed by atoms with Crippen LogP contribution in [0.5, 0.6) is 0 Å². The van der Waals surface area contributed by atoms with E-state index in [9.17, 15) is 5.11 Å². The maximum Gasteiger partial charge on any atom is 0.148 e. The number of hydrogen-bond donors (Lipinski definition) is 4. The Bertz CT molecular complexity index is 390. The third-order valence-electron chi connectivity index (χ3n) is 2.94. The van der Waals surface area contributed by atoms with Crippen molar-refractivity contribution >= 4 is 11.6 Å². The Balaban J connectivity index is 3.10. The number of aromatic nitrogens is 2. The number of aryl methyl sites for hydroxylation is 1. The largest absolute Gasteiger partial charge is 0.394 e. The van der Waals surface area contributed by atoms with Crippen molar-refractivity contribution in [1.82, 2.24) is 9.97 Å². The van der Waals surface area contributed by atoms with E-state index in [2.05, 4.69) is 20.7 Å². The molecule has 0 radical (unpaired) electrons. The Morgan fingerprint density at radius 3 is 2.35 bits per heavy atom. The predicted octanol–water partition coefficient (Wildman–Crippen LogP) is 0.952. The molecule has 0 aliphatic carbocycles. The van der Waals surface area contributed by atoms with Crippen molar-refractivity contribution in [2.24, 2.45) is 5.84 Å². The van der Waals surface area contributed by atoms with Crippen LogP contribution < -0.4 is 16.6 Å². The molecule has 0 aromatic carbocycles. The molecule has 0 saturated heterocycles. The molecule has 0 aliphatic heterocycles. The van der Waals surface area contributed by atoms with E-state index in [0.717, 1.165) is 12.0 Å². The Labute approximate surface area is 102 Å². The summed E-state index contributed by atoms with van der Waals surface area (Å²) in [5, 5.41) is 12.6. The fourth-order valence-corrected chi connectivity index (χ4v) is 1.42.